The summed E-state index contributed by atoms with van der Waals surface area (Å²) in [6.45, 7) is 0.414. The average molecular weight is 508 g/mol. The molecule has 186 valence electrons. The zero-order chi connectivity index (χ0) is 25.4. The fourth-order valence-electron chi connectivity index (χ4n) is 4.80. The van der Waals surface area contributed by atoms with Gasteiger partial charge in [0.15, 0.2) is 0 Å². The van der Waals surface area contributed by atoms with E-state index in [0.29, 0.717) is 29.8 Å². The second kappa shape index (κ2) is 9.45. The Kier molecular flexibility index (Phi) is 6.33. The lowest BCUT2D eigenvalue weighted by atomic mass is 10.0. The summed E-state index contributed by atoms with van der Waals surface area (Å²) in [4.78, 5) is 30.8. The highest BCUT2D eigenvalue weighted by Gasteiger charge is 2.42. The number of hydrogen-bond acceptors (Lipinski definition) is 7. The van der Waals surface area contributed by atoms with Gasteiger partial charge in [0.1, 0.15) is 5.75 Å². The van der Waals surface area contributed by atoms with Gasteiger partial charge in [-0.25, -0.2) is 8.42 Å². The fourth-order valence-corrected chi connectivity index (χ4v) is 6.52. The van der Waals surface area contributed by atoms with Crippen LogP contribution >= 0.6 is 0 Å². The van der Waals surface area contributed by atoms with Crippen molar-refractivity contribution in [2.75, 3.05) is 18.6 Å². The number of Topliss-reactive ketones (excluding diaryl/α,β-unsaturated/α-hetero) is 1. The zero-order valence-corrected chi connectivity index (χ0v) is 20.4. The standard InChI is InChI=1S/C26H25N3O6S/c1-35-19-8-6-17(7-9-19)16-28-22-11-10-20(14-21(22)25(31)26(28)32)36(33,34)29-13-3-5-23(29)24(30)18-4-2-12-27-15-18/h2,4,6-12,14-15,23-24,30H,3,5,13,16H2,1H3. The first-order chi connectivity index (χ1) is 17.3. The summed E-state index contributed by atoms with van der Waals surface area (Å²) in [5, 5.41) is 10.9. The van der Waals surface area contributed by atoms with Crippen molar-refractivity contribution in [1.82, 2.24) is 9.29 Å². The second-order valence-corrected chi connectivity index (χ2v) is 10.7. The van der Waals surface area contributed by atoms with Gasteiger partial charge in [-0.1, -0.05) is 18.2 Å². The predicted octanol–water partition coefficient (Wildman–Crippen LogP) is 2.71. The van der Waals surface area contributed by atoms with E-state index < -0.39 is 33.9 Å². The van der Waals surface area contributed by atoms with Crippen LogP contribution in [0, 0.1) is 0 Å². The Bertz CT molecular complexity index is 1410. The van der Waals surface area contributed by atoms with Gasteiger partial charge in [0.2, 0.25) is 10.0 Å². The van der Waals surface area contributed by atoms with Crippen molar-refractivity contribution in [2.24, 2.45) is 0 Å². The number of carbonyl (C=O) groups excluding carboxylic acids is 2. The Morgan fingerprint density at radius 1 is 1.14 bits per heavy atom. The van der Waals surface area contributed by atoms with Crippen molar-refractivity contribution in [3.8, 4) is 5.75 Å². The van der Waals surface area contributed by atoms with Crippen LogP contribution in [-0.2, 0) is 21.4 Å². The molecular weight excluding hydrogens is 482 g/mol. The molecule has 1 aromatic heterocycles. The van der Waals surface area contributed by atoms with Crippen LogP contribution in [0.15, 0.2) is 71.9 Å². The molecule has 0 radical (unpaired) electrons. The van der Waals surface area contributed by atoms with E-state index in [4.69, 9.17) is 4.74 Å². The number of nitrogens with zero attached hydrogens (tertiary/aromatic N) is 3. The number of benzene rings is 2. The number of pyridine rings is 1. The number of carbonyl (C=O) groups is 2. The molecular formula is C26H25N3O6S. The summed E-state index contributed by atoms with van der Waals surface area (Å²) in [6, 6.07) is 14.0. The molecule has 2 aliphatic rings. The van der Waals surface area contributed by atoms with E-state index in [0.717, 1.165) is 5.56 Å². The van der Waals surface area contributed by atoms with Crippen molar-refractivity contribution in [1.29, 1.82) is 0 Å². The smallest absolute Gasteiger partial charge is 0.299 e. The van der Waals surface area contributed by atoms with Crippen LogP contribution < -0.4 is 9.64 Å². The molecule has 3 heterocycles. The largest absolute Gasteiger partial charge is 0.497 e. The first-order valence-corrected chi connectivity index (χ1v) is 13.0. The summed E-state index contributed by atoms with van der Waals surface area (Å²) in [6.07, 6.45) is 3.16. The molecule has 1 saturated heterocycles. The van der Waals surface area contributed by atoms with Gasteiger partial charge in [-0.2, -0.15) is 4.31 Å². The van der Waals surface area contributed by atoms with Gasteiger partial charge in [-0.3, -0.25) is 14.6 Å². The molecule has 9 nitrogen and oxygen atoms in total. The second-order valence-electron chi connectivity index (χ2n) is 8.80. The molecule has 5 rings (SSSR count). The number of methoxy groups -OCH3 is 1. The van der Waals surface area contributed by atoms with E-state index in [1.54, 1.807) is 49.7 Å². The van der Waals surface area contributed by atoms with Crippen LogP contribution in [0.2, 0.25) is 0 Å². The van der Waals surface area contributed by atoms with E-state index in [2.05, 4.69) is 4.98 Å². The molecule has 36 heavy (non-hydrogen) atoms. The molecule has 0 spiro atoms. The van der Waals surface area contributed by atoms with Crippen LogP contribution in [0.3, 0.4) is 0 Å². The first kappa shape index (κ1) is 24.1. The monoisotopic (exact) mass is 507 g/mol. The summed E-state index contributed by atoms with van der Waals surface area (Å²) < 4.78 is 33.6. The number of hydrogen-bond donors (Lipinski definition) is 1. The molecule has 1 amide bonds. The molecule has 0 saturated carbocycles. The van der Waals surface area contributed by atoms with Gasteiger partial charge in [-0.15, -0.1) is 0 Å². The average Bonchev–Trinajstić information content (AvgIpc) is 3.49. The Morgan fingerprint density at radius 3 is 2.61 bits per heavy atom. The number of amides is 1. The summed E-state index contributed by atoms with van der Waals surface area (Å²) in [5.74, 6) is -0.781. The molecule has 0 bridgehead atoms. The van der Waals surface area contributed by atoms with E-state index in [-0.39, 0.29) is 23.5 Å². The third kappa shape index (κ3) is 4.17. The highest BCUT2D eigenvalue weighted by atomic mass is 32.2. The molecule has 2 unspecified atom stereocenters. The van der Waals surface area contributed by atoms with Gasteiger partial charge >= 0.3 is 0 Å². The van der Waals surface area contributed by atoms with Crippen LogP contribution in [0.25, 0.3) is 0 Å². The van der Waals surface area contributed by atoms with Crippen molar-refractivity contribution in [3.05, 3.63) is 83.7 Å². The third-order valence-electron chi connectivity index (χ3n) is 6.69. The van der Waals surface area contributed by atoms with Gasteiger partial charge in [0.25, 0.3) is 11.7 Å². The van der Waals surface area contributed by atoms with E-state index in [1.807, 2.05) is 0 Å². The molecule has 0 aliphatic carbocycles. The number of ketones is 1. The lowest BCUT2D eigenvalue weighted by Gasteiger charge is -2.28. The molecule has 1 fully saturated rings. The zero-order valence-electron chi connectivity index (χ0n) is 19.6. The maximum Gasteiger partial charge on any atom is 0.299 e. The highest BCUT2D eigenvalue weighted by Crippen LogP contribution is 2.37. The van der Waals surface area contributed by atoms with Gasteiger partial charge in [0, 0.05) is 24.5 Å². The SMILES string of the molecule is COc1ccc(CN2C(=O)C(=O)c3cc(S(=O)(=O)N4CCCC4C(O)c4cccnc4)ccc32)cc1. The summed E-state index contributed by atoms with van der Waals surface area (Å²) in [5.41, 5.74) is 1.76. The summed E-state index contributed by atoms with van der Waals surface area (Å²) in [7, 11) is -2.47. The van der Waals surface area contributed by atoms with Gasteiger partial charge in [-0.05, 0) is 54.8 Å². The third-order valence-corrected chi connectivity index (χ3v) is 8.61. The molecule has 3 aromatic rings. The van der Waals surface area contributed by atoms with Crippen LogP contribution in [0.1, 0.15) is 40.4 Å². The van der Waals surface area contributed by atoms with Gasteiger partial charge in [0.05, 0.1) is 41.9 Å². The molecule has 10 heteroatoms. The number of aromatic nitrogens is 1. The Labute approximate surface area is 209 Å². The quantitative estimate of drug-likeness (QED) is 0.489. The van der Waals surface area contributed by atoms with E-state index in [9.17, 15) is 23.1 Å². The number of aliphatic hydroxyl groups is 1. The number of rotatable bonds is 7. The minimum absolute atomic E-state index is 0.0538. The number of aliphatic hydroxyl groups excluding tert-OH is 1. The van der Waals surface area contributed by atoms with Crippen LogP contribution in [-0.4, -0.2) is 54.2 Å². The highest BCUT2D eigenvalue weighted by molar-refractivity contribution is 7.89. The number of fused-ring (bicyclic) bond motifs is 1. The summed E-state index contributed by atoms with van der Waals surface area (Å²) >= 11 is 0. The Hall–Kier alpha value is -3.60. The number of sulfonamides is 1. The van der Waals surface area contributed by atoms with E-state index in [1.165, 1.54) is 33.6 Å². The maximum atomic E-state index is 13.6. The minimum atomic E-state index is -4.03. The lowest BCUT2D eigenvalue weighted by molar-refractivity contribution is -0.114. The van der Waals surface area contributed by atoms with E-state index >= 15 is 0 Å². The Morgan fingerprint density at radius 2 is 1.92 bits per heavy atom. The first-order valence-electron chi connectivity index (χ1n) is 11.5. The molecule has 2 atom stereocenters. The van der Waals surface area contributed by atoms with Gasteiger partial charge < -0.3 is 14.7 Å². The lowest BCUT2D eigenvalue weighted by Crippen LogP contribution is -2.39. The number of ether oxygens (including phenoxy) is 1. The minimum Gasteiger partial charge on any atom is -0.497 e. The van der Waals surface area contributed by atoms with Crippen LogP contribution in [0.5, 0.6) is 5.75 Å². The molecule has 2 aromatic carbocycles. The maximum absolute atomic E-state index is 13.6. The Balaban J connectivity index is 1.43. The predicted molar refractivity (Wildman–Crippen MR) is 131 cm³/mol. The fraction of sp³-hybridized carbons (Fsp3) is 0.269. The van der Waals surface area contributed by atoms with Crippen molar-refractivity contribution in [2.45, 2.75) is 36.4 Å². The van der Waals surface area contributed by atoms with Crippen molar-refractivity contribution in [3.63, 3.8) is 0 Å². The van der Waals surface area contributed by atoms with Crippen molar-refractivity contribution >= 4 is 27.4 Å². The topological polar surface area (TPSA) is 117 Å². The molecule has 1 N–H and O–H groups in total. The number of anilines is 1. The van der Waals surface area contributed by atoms with Crippen molar-refractivity contribution < 1.29 is 27.9 Å². The van der Waals surface area contributed by atoms with Crippen LogP contribution in [0.4, 0.5) is 5.69 Å². The normalized spacial score (nSPS) is 18.9. The molecule has 2 aliphatic heterocycles.